The second kappa shape index (κ2) is 6.75. The monoisotopic (exact) mass is 344 g/mol. The maximum Gasteiger partial charge on any atom is 0.272 e. The Morgan fingerprint density at radius 2 is 2.14 bits per heavy atom. The molecule has 0 amide bonds. The Morgan fingerprint density at radius 3 is 2.71 bits per heavy atom. The molecule has 0 spiro atoms. The number of rotatable bonds is 5. The van der Waals surface area contributed by atoms with Gasteiger partial charge in [-0.25, -0.2) is 0 Å². The Bertz CT molecular complexity index is 673. The number of nitro groups is 1. The Hall–Kier alpha value is -1.14. The van der Waals surface area contributed by atoms with Gasteiger partial charge in [0.25, 0.3) is 5.69 Å². The fourth-order valence-electron chi connectivity index (χ4n) is 2.08. The van der Waals surface area contributed by atoms with Gasteiger partial charge >= 0.3 is 0 Å². The Balaban J connectivity index is 2.11. The lowest BCUT2D eigenvalue weighted by Gasteiger charge is -2.14. The molecule has 0 aliphatic rings. The molecule has 1 heterocycles. The summed E-state index contributed by atoms with van der Waals surface area (Å²) in [7, 11) is 0. The molecule has 0 radical (unpaired) electrons. The van der Waals surface area contributed by atoms with Gasteiger partial charge in [-0.1, -0.05) is 35.3 Å². The molecule has 0 bridgehead atoms. The first kappa shape index (κ1) is 16.2. The first-order valence-corrected chi connectivity index (χ1v) is 7.88. The first-order chi connectivity index (χ1) is 9.90. The molecule has 1 aromatic heterocycles. The van der Waals surface area contributed by atoms with Crippen molar-refractivity contribution in [2.45, 2.75) is 26.4 Å². The maximum atomic E-state index is 10.9. The average molecular weight is 345 g/mol. The van der Waals surface area contributed by atoms with Gasteiger partial charge in [-0.05, 0) is 31.0 Å². The number of nitrogens with one attached hydrogen (secondary N) is 1. The van der Waals surface area contributed by atoms with Crippen molar-refractivity contribution in [3.05, 3.63) is 59.7 Å². The third-order valence-corrected chi connectivity index (χ3v) is 4.88. The van der Waals surface area contributed by atoms with E-state index in [0.29, 0.717) is 20.8 Å². The molecular weight excluding hydrogens is 331 g/mol. The molecule has 0 aliphatic heterocycles. The highest BCUT2D eigenvalue weighted by Gasteiger charge is 2.16. The van der Waals surface area contributed by atoms with Gasteiger partial charge < -0.3 is 5.32 Å². The lowest BCUT2D eigenvalue weighted by molar-refractivity contribution is -0.385. The Morgan fingerprint density at radius 1 is 1.43 bits per heavy atom. The Kier molecular flexibility index (Phi) is 5.22. The highest BCUT2D eigenvalue weighted by Crippen LogP contribution is 2.35. The first-order valence-electron chi connectivity index (χ1n) is 6.31. The summed E-state index contributed by atoms with van der Waals surface area (Å²) in [5.74, 6) is 0. The van der Waals surface area contributed by atoms with E-state index in [0.717, 1.165) is 11.1 Å². The molecule has 0 saturated carbocycles. The zero-order chi connectivity index (χ0) is 15.6. The van der Waals surface area contributed by atoms with Gasteiger partial charge in [0.1, 0.15) is 0 Å². The topological polar surface area (TPSA) is 55.2 Å². The molecule has 4 nitrogen and oxygen atoms in total. The van der Waals surface area contributed by atoms with E-state index < -0.39 is 0 Å². The van der Waals surface area contributed by atoms with Gasteiger partial charge in [-0.3, -0.25) is 10.1 Å². The lowest BCUT2D eigenvalue weighted by atomic mass is 10.1. The summed E-state index contributed by atoms with van der Waals surface area (Å²) >= 11 is 13.4. The number of halogens is 2. The molecule has 7 heteroatoms. The van der Waals surface area contributed by atoms with Crippen LogP contribution >= 0.6 is 34.5 Å². The average Bonchev–Trinajstić information content (AvgIpc) is 2.76. The van der Waals surface area contributed by atoms with E-state index in [4.69, 9.17) is 23.2 Å². The van der Waals surface area contributed by atoms with Crippen molar-refractivity contribution in [2.75, 3.05) is 0 Å². The zero-order valence-corrected chi connectivity index (χ0v) is 13.9. The van der Waals surface area contributed by atoms with Crippen molar-refractivity contribution < 1.29 is 4.92 Å². The third-order valence-electron chi connectivity index (χ3n) is 3.36. The summed E-state index contributed by atoms with van der Waals surface area (Å²) in [4.78, 5) is 10.6. The fraction of sp³-hybridized carbons (Fsp3) is 0.286. The van der Waals surface area contributed by atoms with E-state index in [2.05, 4.69) is 5.32 Å². The summed E-state index contributed by atoms with van der Waals surface area (Å²) in [6, 6.07) is 6.94. The molecule has 1 N–H and O–H groups in total. The number of nitrogens with zero attached hydrogens (tertiary/aromatic N) is 1. The largest absolute Gasteiger partial charge is 0.306 e. The third kappa shape index (κ3) is 3.74. The van der Waals surface area contributed by atoms with E-state index in [1.165, 1.54) is 17.4 Å². The van der Waals surface area contributed by atoms with Crippen LogP contribution in [0.15, 0.2) is 24.3 Å². The minimum absolute atomic E-state index is 0.0138. The van der Waals surface area contributed by atoms with E-state index >= 15 is 0 Å². The standard InChI is InChI=1S/C14H14Cl2N2O2S/c1-8-10(4-3-5-12(8)18(19)20)7-17-9(2)11-6-13(15)21-14(11)16/h3-6,9,17H,7H2,1-2H3. The summed E-state index contributed by atoms with van der Waals surface area (Å²) in [6.07, 6.45) is 0. The van der Waals surface area contributed by atoms with Crippen LogP contribution in [0.2, 0.25) is 8.67 Å². The van der Waals surface area contributed by atoms with Crippen LogP contribution in [0.1, 0.15) is 29.7 Å². The van der Waals surface area contributed by atoms with E-state index in [1.54, 1.807) is 13.0 Å². The minimum Gasteiger partial charge on any atom is -0.306 e. The summed E-state index contributed by atoms with van der Waals surface area (Å²) in [6.45, 7) is 4.27. The van der Waals surface area contributed by atoms with Gasteiger partial charge in [-0.2, -0.15) is 0 Å². The molecule has 0 saturated heterocycles. The van der Waals surface area contributed by atoms with Crippen LogP contribution in [0.4, 0.5) is 5.69 Å². The highest BCUT2D eigenvalue weighted by molar-refractivity contribution is 7.20. The highest BCUT2D eigenvalue weighted by atomic mass is 35.5. The van der Waals surface area contributed by atoms with E-state index in [9.17, 15) is 10.1 Å². The summed E-state index contributed by atoms with van der Waals surface area (Å²) in [5, 5.41) is 14.3. The molecule has 0 aliphatic carbocycles. The van der Waals surface area contributed by atoms with Crippen LogP contribution in [0, 0.1) is 17.0 Å². The minimum atomic E-state index is -0.363. The van der Waals surface area contributed by atoms with Crippen molar-refractivity contribution in [1.82, 2.24) is 5.32 Å². The Labute approximate surface area is 136 Å². The fourth-order valence-corrected chi connectivity index (χ4v) is 3.73. The molecule has 2 aromatic rings. The van der Waals surface area contributed by atoms with Crippen LogP contribution in [-0.2, 0) is 6.54 Å². The predicted molar refractivity (Wildman–Crippen MR) is 87.4 cm³/mol. The smallest absolute Gasteiger partial charge is 0.272 e. The van der Waals surface area contributed by atoms with Crippen molar-refractivity contribution in [2.24, 2.45) is 0 Å². The molecule has 1 unspecified atom stereocenters. The number of hydrogen-bond donors (Lipinski definition) is 1. The summed E-state index contributed by atoms with van der Waals surface area (Å²) < 4.78 is 1.31. The zero-order valence-electron chi connectivity index (χ0n) is 11.5. The second-order valence-electron chi connectivity index (χ2n) is 4.70. The molecular formula is C14H14Cl2N2O2S. The quantitative estimate of drug-likeness (QED) is 0.604. The van der Waals surface area contributed by atoms with Gasteiger partial charge in [0, 0.05) is 24.2 Å². The van der Waals surface area contributed by atoms with E-state index in [-0.39, 0.29) is 16.7 Å². The van der Waals surface area contributed by atoms with Gasteiger partial charge in [0.2, 0.25) is 0 Å². The number of hydrogen-bond acceptors (Lipinski definition) is 4. The molecule has 1 atom stereocenters. The van der Waals surface area contributed by atoms with Crippen LogP contribution in [0.5, 0.6) is 0 Å². The van der Waals surface area contributed by atoms with Crippen LogP contribution in [0.3, 0.4) is 0 Å². The predicted octanol–water partition coefficient (Wildman–Crippen LogP) is 5.12. The second-order valence-corrected chi connectivity index (χ2v) is 6.99. The number of benzene rings is 1. The maximum absolute atomic E-state index is 10.9. The molecule has 21 heavy (non-hydrogen) atoms. The van der Waals surface area contributed by atoms with Crippen LogP contribution in [0.25, 0.3) is 0 Å². The molecule has 112 valence electrons. The number of nitro benzene ring substituents is 1. The molecule has 2 rings (SSSR count). The van der Waals surface area contributed by atoms with E-state index in [1.807, 2.05) is 19.1 Å². The van der Waals surface area contributed by atoms with Crippen molar-refractivity contribution in [1.29, 1.82) is 0 Å². The van der Waals surface area contributed by atoms with Crippen molar-refractivity contribution >= 4 is 40.2 Å². The normalized spacial score (nSPS) is 12.4. The van der Waals surface area contributed by atoms with Gasteiger partial charge in [0.15, 0.2) is 0 Å². The van der Waals surface area contributed by atoms with Crippen molar-refractivity contribution in [3.63, 3.8) is 0 Å². The van der Waals surface area contributed by atoms with Crippen LogP contribution in [-0.4, -0.2) is 4.92 Å². The SMILES string of the molecule is Cc1c(CNC(C)c2cc(Cl)sc2Cl)cccc1[N+](=O)[O-]. The summed E-state index contributed by atoms with van der Waals surface area (Å²) in [5.41, 5.74) is 2.65. The molecule has 0 fully saturated rings. The number of thiophene rings is 1. The van der Waals surface area contributed by atoms with Gasteiger partial charge in [0.05, 0.1) is 13.6 Å². The van der Waals surface area contributed by atoms with Crippen molar-refractivity contribution in [3.8, 4) is 0 Å². The van der Waals surface area contributed by atoms with Gasteiger partial charge in [-0.15, -0.1) is 11.3 Å². The lowest BCUT2D eigenvalue weighted by Crippen LogP contribution is -2.18. The molecule has 1 aromatic carbocycles. The van der Waals surface area contributed by atoms with Crippen LogP contribution < -0.4 is 5.32 Å².